The second kappa shape index (κ2) is 7.39. The lowest BCUT2D eigenvalue weighted by molar-refractivity contribution is 1.27. The summed E-state index contributed by atoms with van der Waals surface area (Å²) in [5, 5.41) is 0. The highest BCUT2D eigenvalue weighted by molar-refractivity contribution is 5.71. The molecule has 0 fully saturated rings. The first-order chi connectivity index (χ1) is 10.3. The van der Waals surface area contributed by atoms with Crippen LogP contribution in [0.5, 0.6) is 0 Å². The van der Waals surface area contributed by atoms with Gasteiger partial charge in [-0.2, -0.15) is 0 Å². The highest BCUT2D eigenvalue weighted by Crippen LogP contribution is 2.25. The second-order valence-electron chi connectivity index (χ2n) is 4.67. The molecule has 106 valence electrons. The molecular weight excluding hydrogens is 254 g/mol. The standard InChI is InChI=1S/C18H15N.C2H6/c1-14-10-11-18(19-13-14)17-9-5-8-16(12-17)15-6-3-2-4-7-15;1-2/h2-13H,1H3;1-2H3. The van der Waals surface area contributed by atoms with E-state index in [1.807, 2.05) is 26.1 Å². The van der Waals surface area contributed by atoms with Gasteiger partial charge in [0.25, 0.3) is 0 Å². The number of hydrogen-bond donors (Lipinski definition) is 0. The van der Waals surface area contributed by atoms with E-state index in [2.05, 4.69) is 72.6 Å². The molecule has 1 aromatic heterocycles. The summed E-state index contributed by atoms with van der Waals surface area (Å²) in [6, 6.07) is 23.1. The van der Waals surface area contributed by atoms with Gasteiger partial charge in [0.1, 0.15) is 0 Å². The van der Waals surface area contributed by atoms with E-state index < -0.39 is 0 Å². The quantitative estimate of drug-likeness (QED) is 0.580. The smallest absolute Gasteiger partial charge is 0.0702 e. The van der Waals surface area contributed by atoms with E-state index in [9.17, 15) is 0 Å². The van der Waals surface area contributed by atoms with Gasteiger partial charge in [-0.1, -0.05) is 68.4 Å². The van der Waals surface area contributed by atoms with Gasteiger partial charge >= 0.3 is 0 Å². The van der Waals surface area contributed by atoms with Crippen LogP contribution in [-0.4, -0.2) is 4.98 Å². The Bertz CT molecular complexity index is 670. The minimum absolute atomic E-state index is 1.02. The zero-order chi connectivity index (χ0) is 15.1. The molecule has 2 aromatic carbocycles. The van der Waals surface area contributed by atoms with Crippen molar-refractivity contribution in [3.05, 3.63) is 78.5 Å². The molecule has 1 heterocycles. The summed E-state index contributed by atoms with van der Waals surface area (Å²) in [6.45, 7) is 6.05. The molecule has 0 saturated heterocycles. The molecule has 3 aromatic rings. The molecule has 1 nitrogen and oxygen atoms in total. The fourth-order valence-electron chi connectivity index (χ4n) is 2.13. The molecular formula is C20H21N. The number of nitrogens with zero attached hydrogens (tertiary/aromatic N) is 1. The highest BCUT2D eigenvalue weighted by Gasteiger charge is 2.02. The van der Waals surface area contributed by atoms with Crippen molar-refractivity contribution in [2.45, 2.75) is 20.8 Å². The van der Waals surface area contributed by atoms with Gasteiger partial charge in [0, 0.05) is 11.8 Å². The van der Waals surface area contributed by atoms with Crippen LogP contribution in [0.3, 0.4) is 0 Å². The van der Waals surface area contributed by atoms with Crippen molar-refractivity contribution in [3.63, 3.8) is 0 Å². The summed E-state index contributed by atoms with van der Waals surface area (Å²) in [5.74, 6) is 0. The summed E-state index contributed by atoms with van der Waals surface area (Å²) >= 11 is 0. The SMILES string of the molecule is CC.Cc1ccc(-c2cccc(-c3ccccc3)c2)nc1. The van der Waals surface area contributed by atoms with Crippen LogP contribution in [-0.2, 0) is 0 Å². The number of aromatic nitrogens is 1. The average Bonchev–Trinajstić information content (AvgIpc) is 2.58. The van der Waals surface area contributed by atoms with E-state index in [4.69, 9.17) is 0 Å². The van der Waals surface area contributed by atoms with E-state index in [1.165, 1.54) is 16.7 Å². The summed E-state index contributed by atoms with van der Waals surface area (Å²) in [6.07, 6.45) is 1.91. The predicted octanol–water partition coefficient (Wildman–Crippen LogP) is 5.75. The molecule has 0 aliphatic heterocycles. The van der Waals surface area contributed by atoms with Crippen LogP contribution in [0.25, 0.3) is 22.4 Å². The van der Waals surface area contributed by atoms with Crippen molar-refractivity contribution >= 4 is 0 Å². The third-order valence-corrected chi connectivity index (χ3v) is 3.18. The molecule has 0 amide bonds. The first kappa shape index (κ1) is 15.0. The Morgan fingerprint density at radius 1 is 0.667 bits per heavy atom. The lowest BCUT2D eigenvalue weighted by atomic mass is 10.0. The van der Waals surface area contributed by atoms with E-state index >= 15 is 0 Å². The van der Waals surface area contributed by atoms with Gasteiger partial charge in [-0.05, 0) is 35.7 Å². The molecule has 0 radical (unpaired) electrons. The van der Waals surface area contributed by atoms with Gasteiger partial charge in [-0.15, -0.1) is 0 Å². The van der Waals surface area contributed by atoms with Crippen LogP contribution < -0.4 is 0 Å². The highest BCUT2D eigenvalue weighted by atomic mass is 14.7. The summed E-state index contributed by atoms with van der Waals surface area (Å²) in [7, 11) is 0. The van der Waals surface area contributed by atoms with Crippen molar-refractivity contribution < 1.29 is 0 Å². The molecule has 21 heavy (non-hydrogen) atoms. The van der Waals surface area contributed by atoms with E-state index in [1.54, 1.807) is 0 Å². The van der Waals surface area contributed by atoms with Crippen LogP contribution in [0.4, 0.5) is 0 Å². The normalized spacial score (nSPS) is 9.67. The van der Waals surface area contributed by atoms with Crippen LogP contribution in [0.15, 0.2) is 72.9 Å². The van der Waals surface area contributed by atoms with Gasteiger partial charge in [-0.25, -0.2) is 0 Å². The first-order valence-electron chi connectivity index (χ1n) is 7.41. The Morgan fingerprint density at radius 3 is 2.00 bits per heavy atom. The molecule has 0 saturated carbocycles. The molecule has 3 rings (SSSR count). The van der Waals surface area contributed by atoms with Crippen molar-refractivity contribution in [1.82, 2.24) is 4.98 Å². The maximum atomic E-state index is 4.48. The van der Waals surface area contributed by atoms with Gasteiger partial charge in [-0.3, -0.25) is 4.98 Å². The fourth-order valence-corrected chi connectivity index (χ4v) is 2.13. The summed E-state index contributed by atoms with van der Waals surface area (Å²) in [5.41, 5.74) is 5.81. The molecule has 0 unspecified atom stereocenters. The van der Waals surface area contributed by atoms with Gasteiger partial charge in [0.2, 0.25) is 0 Å². The fraction of sp³-hybridized carbons (Fsp3) is 0.150. The van der Waals surface area contributed by atoms with Gasteiger partial charge in [0.05, 0.1) is 5.69 Å². The molecule has 0 bridgehead atoms. The van der Waals surface area contributed by atoms with Crippen LogP contribution in [0, 0.1) is 6.92 Å². The molecule has 0 spiro atoms. The molecule has 0 atom stereocenters. The maximum Gasteiger partial charge on any atom is 0.0702 e. The Morgan fingerprint density at radius 2 is 1.33 bits per heavy atom. The zero-order valence-electron chi connectivity index (χ0n) is 12.9. The summed E-state index contributed by atoms with van der Waals surface area (Å²) in [4.78, 5) is 4.48. The van der Waals surface area contributed by atoms with Gasteiger partial charge < -0.3 is 0 Å². The topological polar surface area (TPSA) is 12.9 Å². The summed E-state index contributed by atoms with van der Waals surface area (Å²) < 4.78 is 0. The Balaban J connectivity index is 0.000000774. The Hall–Kier alpha value is -2.41. The van der Waals surface area contributed by atoms with E-state index in [0.717, 1.165) is 11.3 Å². The number of benzene rings is 2. The maximum absolute atomic E-state index is 4.48. The minimum atomic E-state index is 1.02. The van der Waals surface area contributed by atoms with Crippen molar-refractivity contribution in [3.8, 4) is 22.4 Å². The zero-order valence-corrected chi connectivity index (χ0v) is 12.9. The number of pyridine rings is 1. The van der Waals surface area contributed by atoms with Crippen molar-refractivity contribution in [2.75, 3.05) is 0 Å². The van der Waals surface area contributed by atoms with Crippen LogP contribution >= 0.6 is 0 Å². The molecule has 0 aliphatic carbocycles. The first-order valence-corrected chi connectivity index (χ1v) is 7.41. The van der Waals surface area contributed by atoms with Crippen LogP contribution in [0.2, 0.25) is 0 Å². The Labute approximate surface area is 127 Å². The number of hydrogen-bond acceptors (Lipinski definition) is 1. The number of rotatable bonds is 2. The molecule has 0 aliphatic rings. The van der Waals surface area contributed by atoms with E-state index in [0.29, 0.717) is 0 Å². The third-order valence-electron chi connectivity index (χ3n) is 3.18. The van der Waals surface area contributed by atoms with Gasteiger partial charge in [0.15, 0.2) is 0 Å². The third kappa shape index (κ3) is 3.79. The minimum Gasteiger partial charge on any atom is -0.256 e. The lowest BCUT2D eigenvalue weighted by Crippen LogP contribution is -1.85. The lowest BCUT2D eigenvalue weighted by Gasteiger charge is -2.05. The van der Waals surface area contributed by atoms with E-state index in [-0.39, 0.29) is 0 Å². The largest absolute Gasteiger partial charge is 0.256 e. The predicted molar refractivity (Wildman–Crippen MR) is 91.2 cm³/mol. The monoisotopic (exact) mass is 275 g/mol. The van der Waals surface area contributed by atoms with Crippen LogP contribution in [0.1, 0.15) is 19.4 Å². The molecule has 0 N–H and O–H groups in total. The van der Waals surface area contributed by atoms with Crippen molar-refractivity contribution in [1.29, 1.82) is 0 Å². The average molecular weight is 275 g/mol. The number of aryl methyl sites for hydroxylation is 1. The second-order valence-corrected chi connectivity index (χ2v) is 4.67. The van der Waals surface area contributed by atoms with Crippen molar-refractivity contribution in [2.24, 2.45) is 0 Å². The molecule has 1 heteroatoms. The Kier molecular flexibility index (Phi) is 5.28.